The molecule has 2 rings (SSSR count). The molecule has 1 aromatic rings. The number of rotatable bonds is 6. The zero-order valence-corrected chi connectivity index (χ0v) is 12.9. The molecule has 20 heavy (non-hydrogen) atoms. The highest BCUT2D eigenvalue weighted by atomic mass is 32.2. The van der Waals surface area contributed by atoms with E-state index in [0.717, 1.165) is 31.4 Å². The van der Waals surface area contributed by atoms with Crippen molar-refractivity contribution in [2.45, 2.75) is 50.7 Å². The lowest BCUT2D eigenvalue weighted by atomic mass is 10.1. The van der Waals surface area contributed by atoms with Crippen LogP contribution in [0, 0.1) is 5.92 Å². The van der Waals surface area contributed by atoms with E-state index < -0.39 is 10.0 Å². The Morgan fingerprint density at radius 1 is 1.35 bits per heavy atom. The summed E-state index contributed by atoms with van der Waals surface area (Å²) in [4.78, 5) is 4.08. The van der Waals surface area contributed by atoms with E-state index in [0.29, 0.717) is 12.5 Å². The van der Waals surface area contributed by atoms with Gasteiger partial charge in [0.15, 0.2) is 5.03 Å². The second-order valence-corrected chi connectivity index (χ2v) is 7.08. The number of hydrogen-bond acceptors (Lipinski definition) is 4. The second-order valence-electron chi connectivity index (χ2n) is 5.42. The van der Waals surface area contributed by atoms with Crippen LogP contribution in [-0.2, 0) is 16.6 Å². The van der Waals surface area contributed by atoms with Gasteiger partial charge in [-0.15, -0.1) is 0 Å². The van der Waals surface area contributed by atoms with Crippen LogP contribution in [0.3, 0.4) is 0 Å². The molecule has 0 aliphatic heterocycles. The van der Waals surface area contributed by atoms with E-state index in [1.165, 1.54) is 0 Å². The van der Waals surface area contributed by atoms with Crippen LogP contribution in [0.25, 0.3) is 0 Å². The zero-order chi connectivity index (χ0) is 14.6. The maximum atomic E-state index is 12.3. The third-order valence-electron chi connectivity index (χ3n) is 3.82. The lowest BCUT2D eigenvalue weighted by molar-refractivity contribution is 0.475. The topological polar surface area (TPSA) is 71.1 Å². The minimum absolute atomic E-state index is 0.0447. The smallest absolute Gasteiger partial charge is 0.258 e. The molecule has 6 heteroatoms. The van der Waals surface area contributed by atoms with Crippen LogP contribution in [0.4, 0.5) is 0 Å². The van der Waals surface area contributed by atoms with Gasteiger partial charge in [0.25, 0.3) is 10.0 Å². The Balaban J connectivity index is 2.05. The molecular formula is C14H23N3O2S. The molecule has 0 saturated heterocycles. The highest BCUT2D eigenvalue weighted by Gasteiger charge is 2.28. The fraction of sp³-hybridized carbons (Fsp3) is 0.643. The summed E-state index contributed by atoms with van der Waals surface area (Å²) in [5.41, 5.74) is 0.986. The Hall–Kier alpha value is -0.980. The normalized spacial score (nSPS) is 23.1. The van der Waals surface area contributed by atoms with Crippen molar-refractivity contribution in [2.24, 2.45) is 5.92 Å². The summed E-state index contributed by atoms with van der Waals surface area (Å²) in [5, 5.41) is 3.29. The van der Waals surface area contributed by atoms with E-state index in [2.05, 4.69) is 21.9 Å². The first-order valence-corrected chi connectivity index (χ1v) is 8.69. The highest BCUT2D eigenvalue weighted by molar-refractivity contribution is 7.89. The van der Waals surface area contributed by atoms with Crippen molar-refractivity contribution in [3.8, 4) is 0 Å². The largest absolute Gasteiger partial charge is 0.313 e. The summed E-state index contributed by atoms with van der Waals surface area (Å²) in [6.07, 6.45) is 4.71. The molecule has 0 bridgehead atoms. The van der Waals surface area contributed by atoms with Crippen molar-refractivity contribution in [1.82, 2.24) is 15.0 Å². The van der Waals surface area contributed by atoms with E-state index in [4.69, 9.17) is 0 Å². The van der Waals surface area contributed by atoms with Crippen molar-refractivity contribution in [3.05, 3.63) is 23.9 Å². The first-order valence-electron chi connectivity index (χ1n) is 7.21. The Kier molecular flexibility index (Phi) is 5.12. The van der Waals surface area contributed by atoms with E-state index in [1.54, 1.807) is 12.3 Å². The van der Waals surface area contributed by atoms with Crippen molar-refractivity contribution >= 4 is 10.0 Å². The summed E-state index contributed by atoms with van der Waals surface area (Å²) in [6, 6.07) is 3.43. The molecule has 2 atom stereocenters. The van der Waals surface area contributed by atoms with Crippen LogP contribution in [0.1, 0.15) is 38.7 Å². The first-order chi connectivity index (χ1) is 9.53. The number of hydrogen-bond donors (Lipinski definition) is 2. The molecule has 1 aromatic heterocycles. The van der Waals surface area contributed by atoms with Gasteiger partial charge in [0.1, 0.15) is 0 Å². The number of pyridine rings is 1. The van der Waals surface area contributed by atoms with Crippen LogP contribution in [0.2, 0.25) is 0 Å². The Bertz CT molecular complexity index is 528. The van der Waals surface area contributed by atoms with Gasteiger partial charge in [-0.2, -0.15) is 0 Å². The van der Waals surface area contributed by atoms with Gasteiger partial charge in [-0.3, -0.25) is 0 Å². The molecule has 1 aliphatic rings. The summed E-state index contributed by atoms with van der Waals surface area (Å²) >= 11 is 0. The molecule has 112 valence electrons. The first kappa shape index (κ1) is 15.4. The summed E-state index contributed by atoms with van der Waals surface area (Å²) < 4.78 is 27.3. The van der Waals surface area contributed by atoms with E-state index in [1.807, 2.05) is 13.0 Å². The van der Waals surface area contributed by atoms with Crippen molar-refractivity contribution in [1.29, 1.82) is 0 Å². The number of nitrogens with one attached hydrogen (secondary N) is 2. The molecule has 2 unspecified atom stereocenters. The lowest BCUT2D eigenvalue weighted by Gasteiger charge is -2.17. The third-order valence-corrected chi connectivity index (χ3v) is 5.23. The molecule has 0 spiro atoms. The fourth-order valence-corrected chi connectivity index (χ4v) is 3.83. The van der Waals surface area contributed by atoms with E-state index >= 15 is 0 Å². The van der Waals surface area contributed by atoms with Gasteiger partial charge in [0.2, 0.25) is 0 Å². The van der Waals surface area contributed by atoms with Crippen LogP contribution in [0.5, 0.6) is 0 Å². The van der Waals surface area contributed by atoms with Crippen molar-refractivity contribution < 1.29 is 8.42 Å². The molecule has 5 nitrogen and oxygen atoms in total. The van der Waals surface area contributed by atoms with E-state index in [-0.39, 0.29) is 11.1 Å². The van der Waals surface area contributed by atoms with Crippen molar-refractivity contribution in [3.63, 3.8) is 0 Å². The Labute approximate surface area is 121 Å². The molecule has 1 aliphatic carbocycles. The van der Waals surface area contributed by atoms with Gasteiger partial charge < -0.3 is 5.32 Å². The Morgan fingerprint density at radius 3 is 2.70 bits per heavy atom. The van der Waals surface area contributed by atoms with Gasteiger partial charge >= 0.3 is 0 Å². The monoisotopic (exact) mass is 297 g/mol. The predicted molar refractivity (Wildman–Crippen MR) is 78.7 cm³/mol. The summed E-state index contributed by atoms with van der Waals surface area (Å²) in [5.74, 6) is 0.401. The van der Waals surface area contributed by atoms with E-state index in [9.17, 15) is 8.42 Å². The maximum absolute atomic E-state index is 12.3. The van der Waals surface area contributed by atoms with Gasteiger partial charge in [-0.1, -0.05) is 26.3 Å². The molecule has 2 N–H and O–H groups in total. The zero-order valence-electron chi connectivity index (χ0n) is 12.1. The number of aromatic nitrogens is 1. The predicted octanol–water partition coefficient (Wildman–Crippen LogP) is 1.66. The quantitative estimate of drug-likeness (QED) is 0.837. The average Bonchev–Trinajstić information content (AvgIpc) is 2.82. The van der Waals surface area contributed by atoms with Gasteiger partial charge in [-0.05, 0) is 36.9 Å². The summed E-state index contributed by atoms with van der Waals surface area (Å²) in [6.45, 7) is 5.70. The molecule has 1 fully saturated rings. The van der Waals surface area contributed by atoms with Gasteiger partial charge in [0, 0.05) is 18.8 Å². The van der Waals surface area contributed by atoms with Crippen molar-refractivity contribution in [2.75, 3.05) is 6.54 Å². The molecule has 1 heterocycles. The number of sulfonamides is 1. The van der Waals surface area contributed by atoms with Crippen LogP contribution >= 0.6 is 0 Å². The van der Waals surface area contributed by atoms with Crippen LogP contribution in [-0.4, -0.2) is 26.0 Å². The molecule has 1 saturated carbocycles. The van der Waals surface area contributed by atoms with Gasteiger partial charge in [-0.25, -0.2) is 18.1 Å². The molecule has 0 aromatic carbocycles. The third kappa shape index (κ3) is 3.77. The fourth-order valence-electron chi connectivity index (χ4n) is 2.52. The van der Waals surface area contributed by atoms with Crippen LogP contribution < -0.4 is 10.0 Å². The second kappa shape index (κ2) is 6.65. The standard InChI is InChI=1S/C14H23N3O2S/c1-3-15-9-12-7-8-14(16-10-12)20(18,19)17-13-6-4-5-11(13)2/h7-8,10-11,13,15,17H,3-6,9H2,1-2H3. The minimum atomic E-state index is -3.50. The Morgan fingerprint density at radius 2 is 2.15 bits per heavy atom. The maximum Gasteiger partial charge on any atom is 0.258 e. The molecule has 0 amide bonds. The number of nitrogens with zero attached hydrogens (tertiary/aromatic N) is 1. The highest BCUT2D eigenvalue weighted by Crippen LogP contribution is 2.26. The summed E-state index contributed by atoms with van der Waals surface area (Å²) in [7, 11) is -3.50. The SMILES string of the molecule is CCNCc1ccc(S(=O)(=O)NC2CCCC2C)nc1. The van der Waals surface area contributed by atoms with Crippen LogP contribution in [0.15, 0.2) is 23.4 Å². The minimum Gasteiger partial charge on any atom is -0.313 e. The lowest BCUT2D eigenvalue weighted by Crippen LogP contribution is -2.36. The molecule has 0 radical (unpaired) electrons. The van der Waals surface area contributed by atoms with Gasteiger partial charge in [0.05, 0.1) is 0 Å². The molecular weight excluding hydrogens is 274 g/mol. The average molecular weight is 297 g/mol.